The fourth-order valence-electron chi connectivity index (χ4n) is 1.73. The topological polar surface area (TPSA) is 61.4 Å². The quantitative estimate of drug-likeness (QED) is 0.823. The van der Waals surface area contributed by atoms with Crippen LogP contribution in [0.5, 0.6) is 0 Å². The zero-order valence-electron chi connectivity index (χ0n) is 12.6. The first-order valence-electron chi connectivity index (χ1n) is 6.94. The van der Waals surface area contributed by atoms with Gasteiger partial charge in [0.2, 0.25) is 5.91 Å². The predicted molar refractivity (Wildman–Crippen MR) is 86.9 cm³/mol. The Hall–Kier alpha value is -1.40. The largest absolute Gasteiger partial charge is 0.335 e. The highest BCUT2D eigenvalue weighted by atomic mass is 79.9. The van der Waals surface area contributed by atoms with Crippen molar-refractivity contribution in [3.63, 3.8) is 0 Å². The first kappa shape index (κ1) is 17.7. The summed E-state index contributed by atoms with van der Waals surface area (Å²) in [4.78, 5) is 25.1. The molecule has 6 heteroatoms. The lowest BCUT2D eigenvalue weighted by atomic mass is 10.2. The van der Waals surface area contributed by atoms with Crippen molar-refractivity contribution in [3.05, 3.63) is 34.3 Å². The summed E-state index contributed by atoms with van der Waals surface area (Å²) in [6, 6.07) is 7.53. The van der Waals surface area contributed by atoms with Crippen LogP contribution in [0.15, 0.2) is 28.7 Å². The van der Waals surface area contributed by atoms with Gasteiger partial charge in [-0.25, -0.2) is 4.79 Å². The van der Waals surface area contributed by atoms with E-state index < -0.39 is 6.03 Å². The molecule has 0 bridgehead atoms. The van der Waals surface area contributed by atoms with E-state index in [1.54, 1.807) is 0 Å². The molecule has 0 saturated heterocycles. The highest BCUT2D eigenvalue weighted by Crippen LogP contribution is 2.11. The Morgan fingerprint density at radius 1 is 1.29 bits per heavy atom. The van der Waals surface area contributed by atoms with Crippen LogP contribution in [0.25, 0.3) is 0 Å². The highest BCUT2D eigenvalue weighted by molar-refractivity contribution is 9.10. The van der Waals surface area contributed by atoms with Crippen LogP contribution in [0.3, 0.4) is 0 Å². The minimum Gasteiger partial charge on any atom is -0.335 e. The molecule has 1 aromatic rings. The molecule has 1 atom stereocenters. The second-order valence-corrected chi connectivity index (χ2v) is 6.05. The third-order valence-corrected chi connectivity index (χ3v) is 3.55. The lowest BCUT2D eigenvalue weighted by molar-refractivity contribution is -0.120. The molecule has 1 rings (SSSR count). The summed E-state index contributed by atoms with van der Waals surface area (Å²) in [6.45, 7) is 4.68. The zero-order valence-corrected chi connectivity index (χ0v) is 14.2. The molecule has 0 heterocycles. The molecule has 1 aromatic carbocycles. The predicted octanol–water partition coefficient (Wildman–Crippen LogP) is 2.51. The summed E-state index contributed by atoms with van der Waals surface area (Å²) in [5.74, 6) is -0.310. The van der Waals surface area contributed by atoms with Crippen molar-refractivity contribution in [3.8, 4) is 0 Å². The van der Waals surface area contributed by atoms with Crippen LogP contribution in [0.4, 0.5) is 4.79 Å². The fraction of sp³-hybridized carbons (Fsp3) is 0.467. The highest BCUT2D eigenvalue weighted by Gasteiger charge is 2.12. The fourth-order valence-corrected chi connectivity index (χ4v) is 1.99. The summed E-state index contributed by atoms with van der Waals surface area (Å²) < 4.78 is 1.02. The van der Waals surface area contributed by atoms with Crippen LogP contribution in [-0.2, 0) is 11.3 Å². The number of nitrogens with one attached hydrogen (secondary N) is 2. The summed E-state index contributed by atoms with van der Waals surface area (Å²) in [5.41, 5.74) is 1.11. The Morgan fingerprint density at radius 3 is 2.48 bits per heavy atom. The molecule has 0 aliphatic carbocycles. The van der Waals surface area contributed by atoms with Gasteiger partial charge in [-0.1, -0.05) is 35.0 Å². The first-order chi connectivity index (χ1) is 9.90. The van der Waals surface area contributed by atoms with E-state index in [2.05, 4.69) is 26.6 Å². The maximum Gasteiger partial charge on any atom is 0.321 e. The number of carbonyl (C=O) groups excluding carboxylic acids is 2. The number of amides is 3. The first-order valence-corrected chi connectivity index (χ1v) is 7.73. The van der Waals surface area contributed by atoms with Gasteiger partial charge < -0.3 is 5.32 Å². The lowest BCUT2D eigenvalue weighted by Gasteiger charge is -2.17. The van der Waals surface area contributed by atoms with E-state index >= 15 is 0 Å². The molecule has 0 aliphatic rings. The summed E-state index contributed by atoms with van der Waals surface area (Å²) >= 11 is 3.38. The Morgan fingerprint density at radius 2 is 1.90 bits per heavy atom. The Balaban J connectivity index is 2.36. The van der Waals surface area contributed by atoms with Crippen molar-refractivity contribution in [2.75, 3.05) is 13.6 Å². The van der Waals surface area contributed by atoms with Gasteiger partial charge in [-0.2, -0.15) is 0 Å². The average Bonchev–Trinajstić information content (AvgIpc) is 2.40. The summed E-state index contributed by atoms with van der Waals surface area (Å²) in [7, 11) is 1.84. The van der Waals surface area contributed by atoms with Crippen molar-refractivity contribution in [1.29, 1.82) is 0 Å². The van der Waals surface area contributed by atoms with Crippen molar-refractivity contribution in [2.45, 2.75) is 32.9 Å². The van der Waals surface area contributed by atoms with Crippen LogP contribution >= 0.6 is 15.9 Å². The second-order valence-electron chi connectivity index (χ2n) is 5.13. The van der Waals surface area contributed by atoms with E-state index in [1.807, 2.05) is 50.1 Å². The van der Waals surface area contributed by atoms with E-state index in [1.165, 1.54) is 0 Å². The number of urea groups is 1. The van der Waals surface area contributed by atoms with Gasteiger partial charge in [0.05, 0.1) is 6.54 Å². The minimum absolute atomic E-state index is 0.0540. The Kier molecular flexibility index (Phi) is 7.39. The van der Waals surface area contributed by atoms with Crippen LogP contribution in [-0.4, -0.2) is 36.5 Å². The number of rotatable bonds is 6. The maximum atomic E-state index is 11.8. The summed E-state index contributed by atoms with van der Waals surface area (Å²) in [5, 5.41) is 5.03. The second kappa shape index (κ2) is 8.79. The van der Waals surface area contributed by atoms with Crippen LogP contribution in [0, 0.1) is 0 Å². The third kappa shape index (κ3) is 7.24. The smallest absolute Gasteiger partial charge is 0.321 e. The monoisotopic (exact) mass is 355 g/mol. The Bertz CT molecular complexity index is 476. The normalized spacial score (nSPS) is 12.0. The molecule has 21 heavy (non-hydrogen) atoms. The van der Waals surface area contributed by atoms with Gasteiger partial charge in [0.1, 0.15) is 0 Å². The number of hydrogen-bond acceptors (Lipinski definition) is 3. The number of hydrogen-bond donors (Lipinski definition) is 2. The summed E-state index contributed by atoms with van der Waals surface area (Å²) in [6.07, 6.45) is 0.824. The number of likely N-dealkylation sites (N-methyl/N-ethyl adjacent to an activating group) is 1. The molecule has 3 amide bonds. The van der Waals surface area contributed by atoms with Crippen molar-refractivity contribution in [1.82, 2.24) is 15.5 Å². The van der Waals surface area contributed by atoms with E-state index in [0.29, 0.717) is 6.54 Å². The lowest BCUT2D eigenvalue weighted by Crippen LogP contribution is -2.46. The molecule has 5 nitrogen and oxygen atoms in total. The van der Waals surface area contributed by atoms with Crippen molar-refractivity contribution < 1.29 is 9.59 Å². The third-order valence-electron chi connectivity index (χ3n) is 3.02. The minimum atomic E-state index is -0.439. The molecular weight excluding hydrogens is 334 g/mol. The molecule has 2 N–H and O–H groups in total. The van der Waals surface area contributed by atoms with E-state index in [9.17, 15) is 9.59 Å². The molecule has 0 radical (unpaired) electrons. The van der Waals surface area contributed by atoms with Crippen LogP contribution in [0.2, 0.25) is 0 Å². The van der Waals surface area contributed by atoms with Crippen LogP contribution in [0.1, 0.15) is 25.8 Å². The Labute approximate surface area is 134 Å². The van der Waals surface area contributed by atoms with Crippen molar-refractivity contribution >= 4 is 27.9 Å². The van der Waals surface area contributed by atoms with Gasteiger partial charge in [-0.15, -0.1) is 0 Å². The number of halogens is 1. The number of nitrogens with zero attached hydrogens (tertiary/aromatic N) is 1. The molecule has 0 spiro atoms. The molecule has 0 fully saturated rings. The van der Waals surface area contributed by atoms with Gasteiger partial charge >= 0.3 is 6.03 Å². The zero-order chi connectivity index (χ0) is 15.8. The molecule has 0 unspecified atom stereocenters. The standard InChI is InChI=1S/C15H22BrN3O2/c1-4-11(2)17-15(21)18-14(20)10-19(3)9-12-5-7-13(16)8-6-12/h5-8,11H,4,9-10H2,1-3H3,(H2,17,18,20,21)/t11-/m0/s1. The van der Waals surface area contributed by atoms with Gasteiger partial charge in [-0.05, 0) is 38.1 Å². The van der Waals surface area contributed by atoms with Crippen LogP contribution < -0.4 is 10.6 Å². The van der Waals surface area contributed by atoms with E-state index in [0.717, 1.165) is 16.5 Å². The van der Waals surface area contributed by atoms with E-state index in [4.69, 9.17) is 0 Å². The van der Waals surface area contributed by atoms with Gasteiger partial charge in [0.15, 0.2) is 0 Å². The van der Waals surface area contributed by atoms with Gasteiger partial charge in [-0.3, -0.25) is 15.0 Å². The van der Waals surface area contributed by atoms with Crippen molar-refractivity contribution in [2.24, 2.45) is 0 Å². The number of carbonyl (C=O) groups is 2. The van der Waals surface area contributed by atoms with Gasteiger partial charge in [0.25, 0.3) is 0 Å². The molecule has 0 aromatic heterocycles. The maximum absolute atomic E-state index is 11.8. The molecule has 116 valence electrons. The molecular formula is C15H22BrN3O2. The van der Waals surface area contributed by atoms with Gasteiger partial charge in [0, 0.05) is 17.1 Å². The SMILES string of the molecule is CC[C@H](C)NC(=O)NC(=O)CN(C)Cc1ccc(Br)cc1. The van der Waals surface area contributed by atoms with E-state index in [-0.39, 0.29) is 18.5 Å². The molecule has 0 saturated carbocycles. The average molecular weight is 356 g/mol. The number of benzene rings is 1. The molecule has 0 aliphatic heterocycles. The number of imide groups is 1.